The zero-order chi connectivity index (χ0) is 36.1. The van der Waals surface area contributed by atoms with Gasteiger partial charge >= 0.3 is 0 Å². The summed E-state index contributed by atoms with van der Waals surface area (Å²) in [5.74, 6) is 1.94. The Morgan fingerprint density at radius 3 is 2.10 bits per heavy atom. The minimum atomic E-state index is -0.115. The van der Waals surface area contributed by atoms with E-state index in [1.165, 1.54) is 56.4 Å². The number of allylic oxidation sites excluding steroid dienone is 2. The number of methoxy groups -OCH3 is 2. The van der Waals surface area contributed by atoms with Crippen molar-refractivity contribution in [2.75, 3.05) is 45.4 Å². The lowest BCUT2D eigenvalue weighted by molar-refractivity contribution is 0.0642. The predicted molar refractivity (Wildman–Crippen MR) is 215 cm³/mol. The fourth-order valence-electron chi connectivity index (χ4n) is 10.7. The van der Waals surface area contributed by atoms with Crippen LogP contribution in [0.3, 0.4) is 0 Å². The Balaban J connectivity index is 1.29. The average molecular weight is 692 g/mol. The summed E-state index contributed by atoms with van der Waals surface area (Å²) in [6.45, 7) is 13.4. The Bertz CT molecular complexity index is 2090. The van der Waals surface area contributed by atoms with Crippen LogP contribution in [-0.4, -0.2) is 40.5 Å². The average Bonchev–Trinajstić information content (AvgIpc) is 3.40. The van der Waals surface area contributed by atoms with E-state index in [0.717, 1.165) is 62.5 Å². The molecule has 1 heterocycles. The van der Waals surface area contributed by atoms with Crippen molar-refractivity contribution in [1.29, 1.82) is 0 Å². The highest BCUT2D eigenvalue weighted by Gasteiger charge is 2.54. The summed E-state index contributed by atoms with van der Waals surface area (Å²) < 4.78 is 17.9. The molecule has 2 fully saturated rings. The Hall–Kier alpha value is -4.54. The van der Waals surface area contributed by atoms with Crippen molar-refractivity contribution in [2.24, 2.45) is 10.8 Å². The molecule has 4 nitrogen and oxygen atoms in total. The largest absolute Gasteiger partial charge is 0.497 e. The van der Waals surface area contributed by atoms with Gasteiger partial charge in [0.25, 0.3) is 0 Å². The molecule has 1 spiro atoms. The van der Waals surface area contributed by atoms with Gasteiger partial charge in [-0.15, -0.1) is 0 Å². The predicted octanol–water partition coefficient (Wildman–Crippen LogP) is 11.1. The Morgan fingerprint density at radius 2 is 1.40 bits per heavy atom. The van der Waals surface area contributed by atoms with Gasteiger partial charge in [-0.05, 0) is 106 Å². The van der Waals surface area contributed by atoms with Gasteiger partial charge in [-0.25, -0.2) is 0 Å². The van der Waals surface area contributed by atoms with Gasteiger partial charge in [0, 0.05) is 41.1 Å². The molecule has 0 amide bonds. The molecule has 52 heavy (non-hydrogen) atoms. The van der Waals surface area contributed by atoms with Gasteiger partial charge in [0.1, 0.15) is 11.5 Å². The summed E-state index contributed by atoms with van der Waals surface area (Å²) in [4.78, 5) is 2.42. The van der Waals surface area contributed by atoms with Crippen LogP contribution in [0.15, 0.2) is 109 Å². The molecule has 1 atom stereocenters. The first-order valence-electron chi connectivity index (χ1n) is 19.1. The number of anilines is 1. The number of fused-ring (bicyclic) bond motifs is 7. The SMILES string of the molecule is COc1ccc2c3c(c(C/C=C\C(c4ccccc4)c4ccc(N5CCOCC5)cc4)c(OC)c2c1)C1(CC(C)(C)CC(C)(C)C1)c1ccccc1-3. The minimum Gasteiger partial charge on any atom is -0.497 e. The third-order valence-electron chi connectivity index (χ3n) is 11.9. The molecular formula is C48H53NO3. The maximum absolute atomic E-state index is 6.51. The lowest BCUT2D eigenvalue weighted by Crippen LogP contribution is -2.44. The van der Waals surface area contributed by atoms with Crippen molar-refractivity contribution in [1.82, 2.24) is 0 Å². The fraction of sp³-hybridized carbons (Fsp3) is 0.375. The van der Waals surface area contributed by atoms with Gasteiger partial charge in [0.2, 0.25) is 0 Å². The summed E-state index contributed by atoms with van der Waals surface area (Å²) in [6, 6.07) is 35.9. The second kappa shape index (κ2) is 13.5. The quantitative estimate of drug-likeness (QED) is 0.152. The van der Waals surface area contributed by atoms with Crippen LogP contribution in [0.4, 0.5) is 5.69 Å². The minimum absolute atomic E-state index is 0.115. The molecule has 1 aliphatic heterocycles. The van der Waals surface area contributed by atoms with Crippen LogP contribution in [0.1, 0.15) is 80.7 Å². The van der Waals surface area contributed by atoms with Crippen LogP contribution < -0.4 is 14.4 Å². The molecule has 5 aromatic rings. The van der Waals surface area contributed by atoms with Crippen molar-refractivity contribution in [3.05, 3.63) is 137 Å². The second-order valence-corrected chi connectivity index (χ2v) is 16.9. The van der Waals surface area contributed by atoms with Crippen molar-refractivity contribution in [3.63, 3.8) is 0 Å². The number of hydrogen-bond acceptors (Lipinski definition) is 4. The summed E-state index contributed by atoms with van der Waals surface area (Å²) in [7, 11) is 3.60. The Labute approximate surface area is 310 Å². The van der Waals surface area contributed by atoms with E-state index in [-0.39, 0.29) is 22.2 Å². The monoisotopic (exact) mass is 691 g/mol. The van der Waals surface area contributed by atoms with Crippen LogP contribution in [0.25, 0.3) is 21.9 Å². The smallest absolute Gasteiger partial charge is 0.130 e. The van der Waals surface area contributed by atoms with Crippen LogP contribution in [0, 0.1) is 10.8 Å². The van der Waals surface area contributed by atoms with E-state index in [1.807, 2.05) is 7.11 Å². The lowest BCUT2D eigenvalue weighted by atomic mass is 9.52. The summed E-state index contributed by atoms with van der Waals surface area (Å²) in [5, 5.41) is 2.36. The molecule has 0 N–H and O–H groups in total. The zero-order valence-corrected chi connectivity index (χ0v) is 31.8. The molecule has 0 bridgehead atoms. The summed E-state index contributed by atoms with van der Waals surface area (Å²) in [6.07, 6.45) is 9.02. The van der Waals surface area contributed by atoms with E-state index in [4.69, 9.17) is 14.2 Å². The van der Waals surface area contributed by atoms with Gasteiger partial charge in [-0.3, -0.25) is 0 Å². The normalized spacial score (nSPS) is 19.1. The van der Waals surface area contributed by atoms with Crippen LogP contribution >= 0.6 is 0 Å². The van der Waals surface area contributed by atoms with Gasteiger partial charge in [-0.2, -0.15) is 0 Å². The standard InChI is InChI=1S/C48H53NO3/c1-46(2)30-47(3,4)32-48(31-46)42-18-11-10-15-39(42)43-38-24-23-36(50-5)29-41(38)45(51-6)40(44(43)48)17-12-16-37(33-13-8-7-9-14-33)34-19-21-35(22-20-34)49-25-27-52-28-26-49/h7-16,18-24,29,37H,17,25-28,30-32H2,1-6H3/b16-12-. The van der Waals surface area contributed by atoms with Gasteiger partial charge in [0.15, 0.2) is 0 Å². The number of nitrogens with zero attached hydrogens (tertiary/aromatic N) is 1. The first kappa shape index (κ1) is 34.5. The van der Waals surface area contributed by atoms with Gasteiger partial charge in [0.05, 0.1) is 27.4 Å². The summed E-state index contributed by atoms with van der Waals surface area (Å²) in [5.41, 5.74) is 11.1. The van der Waals surface area contributed by atoms with E-state index >= 15 is 0 Å². The van der Waals surface area contributed by atoms with E-state index in [9.17, 15) is 0 Å². The Kier molecular flexibility index (Phi) is 8.94. The van der Waals surface area contributed by atoms with Gasteiger partial charge < -0.3 is 19.1 Å². The number of benzene rings is 5. The number of ether oxygens (including phenoxy) is 3. The molecule has 1 unspecified atom stereocenters. The van der Waals surface area contributed by atoms with Crippen molar-refractivity contribution >= 4 is 16.5 Å². The highest BCUT2D eigenvalue weighted by molar-refractivity contribution is 6.07. The number of hydrogen-bond donors (Lipinski definition) is 0. The molecule has 4 heteroatoms. The highest BCUT2D eigenvalue weighted by Crippen LogP contribution is 2.66. The number of rotatable bonds is 8. The summed E-state index contributed by atoms with van der Waals surface area (Å²) >= 11 is 0. The van der Waals surface area contributed by atoms with Crippen LogP contribution in [-0.2, 0) is 16.6 Å². The maximum atomic E-state index is 6.51. The third kappa shape index (κ3) is 6.09. The van der Waals surface area contributed by atoms with Crippen molar-refractivity contribution in [3.8, 4) is 22.6 Å². The maximum Gasteiger partial charge on any atom is 0.130 e. The zero-order valence-electron chi connectivity index (χ0n) is 31.8. The molecule has 268 valence electrons. The van der Waals surface area contributed by atoms with Crippen molar-refractivity contribution in [2.45, 2.75) is 64.7 Å². The highest BCUT2D eigenvalue weighted by atomic mass is 16.5. The topological polar surface area (TPSA) is 30.9 Å². The van der Waals surface area contributed by atoms with Crippen LogP contribution in [0.2, 0.25) is 0 Å². The molecule has 3 aliphatic rings. The molecule has 0 aromatic heterocycles. The van der Waals surface area contributed by atoms with Gasteiger partial charge in [-0.1, -0.05) is 107 Å². The van der Waals surface area contributed by atoms with E-state index in [2.05, 4.69) is 142 Å². The fourth-order valence-corrected chi connectivity index (χ4v) is 10.7. The third-order valence-corrected chi connectivity index (χ3v) is 11.9. The number of morpholine rings is 1. The Morgan fingerprint density at radius 1 is 0.731 bits per heavy atom. The first-order chi connectivity index (χ1) is 25.1. The van der Waals surface area contributed by atoms with E-state index in [1.54, 1.807) is 7.11 Å². The molecule has 1 saturated carbocycles. The lowest BCUT2D eigenvalue weighted by Gasteiger charge is -2.52. The second-order valence-electron chi connectivity index (χ2n) is 16.9. The van der Waals surface area contributed by atoms with Crippen LogP contribution in [0.5, 0.6) is 11.5 Å². The molecule has 2 aliphatic carbocycles. The van der Waals surface area contributed by atoms with Crippen molar-refractivity contribution < 1.29 is 14.2 Å². The molecule has 5 aromatic carbocycles. The molecular weight excluding hydrogens is 639 g/mol. The first-order valence-corrected chi connectivity index (χ1v) is 19.1. The van der Waals surface area contributed by atoms with E-state index < -0.39 is 0 Å². The molecule has 1 saturated heterocycles. The molecule has 8 rings (SSSR count). The van der Waals surface area contributed by atoms with E-state index in [0.29, 0.717) is 0 Å². The molecule has 0 radical (unpaired) electrons.